The van der Waals surface area contributed by atoms with Gasteiger partial charge in [-0.15, -0.1) is 11.3 Å². The summed E-state index contributed by atoms with van der Waals surface area (Å²) in [7, 11) is 0. The van der Waals surface area contributed by atoms with Gasteiger partial charge in [0.15, 0.2) is 5.13 Å². The molecule has 2 aliphatic rings. The van der Waals surface area contributed by atoms with E-state index in [4.69, 9.17) is 9.72 Å². The van der Waals surface area contributed by atoms with Crippen LogP contribution in [0.2, 0.25) is 0 Å². The number of nitrogens with zero attached hydrogens (tertiary/aromatic N) is 2. The quantitative estimate of drug-likeness (QED) is 0.874. The van der Waals surface area contributed by atoms with Gasteiger partial charge < -0.3 is 15.0 Å². The molecule has 0 amide bonds. The molecule has 2 heterocycles. The summed E-state index contributed by atoms with van der Waals surface area (Å²) in [5.41, 5.74) is 1.31. The van der Waals surface area contributed by atoms with Crippen LogP contribution < -0.4 is 10.2 Å². The summed E-state index contributed by atoms with van der Waals surface area (Å²) in [5.74, 6) is 0.661. The van der Waals surface area contributed by atoms with Crippen molar-refractivity contribution in [2.75, 3.05) is 31.2 Å². The molecular weight excluding hydrogens is 270 g/mol. The van der Waals surface area contributed by atoms with Crippen molar-refractivity contribution in [1.82, 2.24) is 10.3 Å². The number of ether oxygens (including phenoxy) is 1. The Hall–Kier alpha value is -0.650. The molecule has 1 aliphatic heterocycles. The molecule has 1 saturated carbocycles. The first kappa shape index (κ1) is 14.3. The average Bonchev–Trinajstić information content (AvgIpc) is 3.19. The van der Waals surface area contributed by atoms with Crippen LogP contribution in [0.25, 0.3) is 0 Å². The van der Waals surface area contributed by atoms with Gasteiger partial charge in [-0.05, 0) is 25.2 Å². The van der Waals surface area contributed by atoms with Gasteiger partial charge in [-0.1, -0.05) is 13.8 Å². The molecule has 0 unspecified atom stereocenters. The highest BCUT2D eigenvalue weighted by molar-refractivity contribution is 7.15. The van der Waals surface area contributed by atoms with Crippen LogP contribution in [0.4, 0.5) is 5.13 Å². The van der Waals surface area contributed by atoms with Gasteiger partial charge in [0.1, 0.15) is 0 Å². The van der Waals surface area contributed by atoms with Gasteiger partial charge in [0.25, 0.3) is 0 Å². The Morgan fingerprint density at radius 1 is 1.35 bits per heavy atom. The van der Waals surface area contributed by atoms with Crippen LogP contribution >= 0.6 is 11.3 Å². The molecule has 1 saturated heterocycles. The fourth-order valence-corrected chi connectivity index (χ4v) is 3.56. The van der Waals surface area contributed by atoms with Gasteiger partial charge in [-0.3, -0.25) is 0 Å². The first-order valence-corrected chi connectivity index (χ1v) is 8.58. The lowest BCUT2D eigenvalue weighted by atomic mass is 10.1. The van der Waals surface area contributed by atoms with E-state index in [0.29, 0.717) is 5.92 Å². The number of hydrogen-bond donors (Lipinski definition) is 1. The van der Waals surface area contributed by atoms with E-state index in [0.717, 1.165) is 45.3 Å². The second-order valence-corrected chi connectivity index (χ2v) is 7.28. The summed E-state index contributed by atoms with van der Waals surface area (Å²) in [6.45, 7) is 9.14. The minimum atomic E-state index is 0.661. The van der Waals surface area contributed by atoms with Crippen molar-refractivity contribution in [3.8, 4) is 0 Å². The van der Waals surface area contributed by atoms with Gasteiger partial charge in [0, 0.05) is 30.6 Å². The lowest BCUT2D eigenvalue weighted by molar-refractivity contribution is 0.122. The van der Waals surface area contributed by atoms with Crippen LogP contribution in [0.3, 0.4) is 0 Å². The van der Waals surface area contributed by atoms with Gasteiger partial charge in [0.05, 0.1) is 18.9 Å². The normalized spacial score (nSPS) is 19.9. The Morgan fingerprint density at radius 2 is 2.10 bits per heavy atom. The number of rotatable bonds is 6. The summed E-state index contributed by atoms with van der Waals surface area (Å²) in [6.07, 6.45) is 3.77. The van der Waals surface area contributed by atoms with E-state index in [1.807, 2.05) is 11.3 Å². The minimum Gasteiger partial charge on any atom is -0.378 e. The summed E-state index contributed by atoms with van der Waals surface area (Å²) in [4.78, 5) is 8.73. The highest BCUT2D eigenvalue weighted by Gasteiger charge is 2.23. The predicted octanol–water partition coefficient (Wildman–Crippen LogP) is 2.43. The predicted molar refractivity (Wildman–Crippen MR) is 83.5 cm³/mol. The van der Waals surface area contributed by atoms with E-state index >= 15 is 0 Å². The van der Waals surface area contributed by atoms with Gasteiger partial charge >= 0.3 is 0 Å². The third-order valence-electron chi connectivity index (χ3n) is 3.78. The lowest BCUT2D eigenvalue weighted by Gasteiger charge is -2.26. The number of nitrogens with one attached hydrogen (secondary N) is 1. The van der Waals surface area contributed by atoms with Gasteiger partial charge in [0.2, 0.25) is 0 Å². The molecule has 0 atom stereocenters. The maximum Gasteiger partial charge on any atom is 0.185 e. The SMILES string of the molecule is CC(C)Cc1nc(N2CCOCC2)sc1CNC1CC1. The van der Waals surface area contributed by atoms with E-state index < -0.39 is 0 Å². The van der Waals surface area contributed by atoms with E-state index in [9.17, 15) is 0 Å². The Morgan fingerprint density at radius 3 is 2.75 bits per heavy atom. The van der Waals surface area contributed by atoms with Crippen molar-refractivity contribution < 1.29 is 4.74 Å². The third-order valence-corrected chi connectivity index (χ3v) is 4.94. The molecule has 1 N–H and O–H groups in total. The van der Waals surface area contributed by atoms with Gasteiger partial charge in [-0.2, -0.15) is 0 Å². The highest BCUT2D eigenvalue weighted by Crippen LogP contribution is 2.29. The lowest BCUT2D eigenvalue weighted by Crippen LogP contribution is -2.36. The van der Waals surface area contributed by atoms with E-state index in [2.05, 4.69) is 24.1 Å². The van der Waals surface area contributed by atoms with Crippen LogP contribution in [-0.2, 0) is 17.7 Å². The van der Waals surface area contributed by atoms with Crippen LogP contribution in [0.15, 0.2) is 0 Å². The zero-order valence-electron chi connectivity index (χ0n) is 12.5. The Labute approximate surface area is 125 Å². The molecule has 3 rings (SSSR count). The van der Waals surface area contributed by atoms with Crippen molar-refractivity contribution in [3.63, 3.8) is 0 Å². The van der Waals surface area contributed by atoms with E-state index in [1.54, 1.807) is 0 Å². The Balaban J connectivity index is 1.72. The topological polar surface area (TPSA) is 37.4 Å². The maximum absolute atomic E-state index is 5.43. The average molecular weight is 295 g/mol. The number of morpholine rings is 1. The van der Waals surface area contributed by atoms with Crippen LogP contribution in [0.1, 0.15) is 37.3 Å². The Bertz CT molecular complexity index is 436. The molecular formula is C15H25N3OS. The first-order chi connectivity index (χ1) is 9.72. The molecule has 0 radical (unpaired) electrons. The summed E-state index contributed by atoms with van der Waals surface area (Å²) >= 11 is 1.87. The fourth-order valence-electron chi connectivity index (χ4n) is 2.47. The maximum atomic E-state index is 5.43. The number of thiazole rings is 1. The first-order valence-electron chi connectivity index (χ1n) is 7.77. The molecule has 1 aliphatic carbocycles. The molecule has 112 valence electrons. The van der Waals surface area contributed by atoms with Crippen molar-refractivity contribution in [2.45, 2.75) is 45.7 Å². The standard InChI is InChI=1S/C15H25N3OS/c1-11(2)9-13-14(10-16-12-3-4-12)20-15(17-13)18-5-7-19-8-6-18/h11-12,16H,3-10H2,1-2H3. The molecule has 1 aromatic rings. The van der Waals surface area contributed by atoms with Crippen LogP contribution in [-0.4, -0.2) is 37.3 Å². The second kappa shape index (κ2) is 6.41. The largest absolute Gasteiger partial charge is 0.378 e. The summed E-state index contributed by atoms with van der Waals surface area (Å²) in [5, 5.41) is 4.82. The van der Waals surface area contributed by atoms with E-state index in [-0.39, 0.29) is 0 Å². The monoisotopic (exact) mass is 295 g/mol. The molecule has 5 heteroatoms. The van der Waals surface area contributed by atoms with E-state index in [1.165, 1.54) is 28.5 Å². The van der Waals surface area contributed by atoms with Crippen molar-refractivity contribution in [3.05, 3.63) is 10.6 Å². The minimum absolute atomic E-state index is 0.661. The van der Waals surface area contributed by atoms with Crippen molar-refractivity contribution >= 4 is 16.5 Å². The third kappa shape index (κ3) is 3.71. The zero-order chi connectivity index (χ0) is 13.9. The molecule has 0 bridgehead atoms. The molecule has 20 heavy (non-hydrogen) atoms. The van der Waals surface area contributed by atoms with Crippen molar-refractivity contribution in [2.24, 2.45) is 5.92 Å². The van der Waals surface area contributed by atoms with Gasteiger partial charge in [-0.25, -0.2) is 4.98 Å². The molecule has 0 aromatic carbocycles. The Kier molecular flexibility index (Phi) is 4.58. The number of aromatic nitrogens is 1. The second-order valence-electron chi connectivity index (χ2n) is 6.22. The molecule has 1 aromatic heterocycles. The fraction of sp³-hybridized carbons (Fsp3) is 0.800. The smallest absolute Gasteiger partial charge is 0.185 e. The van der Waals surface area contributed by atoms with Crippen LogP contribution in [0.5, 0.6) is 0 Å². The summed E-state index contributed by atoms with van der Waals surface area (Å²) in [6, 6.07) is 0.760. The van der Waals surface area contributed by atoms with Crippen LogP contribution in [0, 0.1) is 5.92 Å². The van der Waals surface area contributed by atoms with Crippen molar-refractivity contribution in [1.29, 1.82) is 0 Å². The molecule has 2 fully saturated rings. The molecule has 4 nitrogen and oxygen atoms in total. The summed E-state index contributed by atoms with van der Waals surface area (Å²) < 4.78 is 5.43. The highest BCUT2D eigenvalue weighted by atomic mass is 32.1. The number of anilines is 1. The molecule has 0 spiro atoms. The number of hydrogen-bond acceptors (Lipinski definition) is 5. The zero-order valence-corrected chi connectivity index (χ0v) is 13.3.